The summed E-state index contributed by atoms with van der Waals surface area (Å²) in [4.78, 5) is 25.5. The van der Waals surface area contributed by atoms with E-state index in [-0.39, 0.29) is 23.1 Å². The summed E-state index contributed by atoms with van der Waals surface area (Å²) >= 11 is 1.18. The Morgan fingerprint density at radius 2 is 1.84 bits per heavy atom. The molecule has 2 unspecified atom stereocenters. The number of carbonyl (C=O) groups is 2. The van der Waals surface area contributed by atoms with Crippen LogP contribution >= 0.6 is 11.8 Å². The molecule has 0 radical (unpaired) electrons. The molecular weight excluding hydrogens is 362 g/mol. The van der Waals surface area contributed by atoms with Crippen molar-refractivity contribution in [2.45, 2.75) is 42.2 Å². The molecule has 1 rings (SSSR count). The second-order valence-corrected chi connectivity index (χ2v) is 9.44. The average Bonchev–Trinajstić information content (AvgIpc) is 2.54. The van der Waals surface area contributed by atoms with Gasteiger partial charge in [0.15, 0.2) is 9.84 Å². The van der Waals surface area contributed by atoms with Gasteiger partial charge in [-0.3, -0.25) is 9.59 Å². The first-order chi connectivity index (χ1) is 11.6. The Kier molecular flexibility index (Phi) is 7.95. The molecule has 0 aliphatic rings. The van der Waals surface area contributed by atoms with Gasteiger partial charge < -0.3 is 10.0 Å². The summed E-state index contributed by atoms with van der Waals surface area (Å²) in [6, 6.07) is 6.65. The highest BCUT2D eigenvalue weighted by Crippen LogP contribution is 2.31. The van der Waals surface area contributed by atoms with Crippen molar-refractivity contribution < 1.29 is 23.1 Å². The molecule has 1 aromatic carbocycles. The minimum atomic E-state index is -3.39. The van der Waals surface area contributed by atoms with Gasteiger partial charge in [-0.2, -0.15) is 0 Å². The molecule has 0 fully saturated rings. The summed E-state index contributed by atoms with van der Waals surface area (Å²) in [6.45, 7) is 5.14. The van der Waals surface area contributed by atoms with E-state index in [9.17, 15) is 18.0 Å². The minimum Gasteiger partial charge on any atom is -0.481 e. The van der Waals surface area contributed by atoms with E-state index in [0.29, 0.717) is 11.3 Å². The SMILES string of the molecule is CCCS(=O)(=O)c1ccccc1SC(C)C(=O)N(C)CC(C)C(=O)O. The van der Waals surface area contributed by atoms with Crippen molar-refractivity contribution in [3.8, 4) is 0 Å². The van der Waals surface area contributed by atoms with Crippen LogP contribution in [-0.2, 0) is 19.4 Å². The zero-order chi connectivity index (χ0) is 19.2. The van der Waals surface area contributed by atoms with Gasteiger partial charge in [0.2, 0.25) is 5.91 Å². The molecule has 1 amide bonds. The van der Waals surface area contributed by atoms with Crippen molar-refractivity contribution in [2.75, 3.05) is 19.3 Å². The van der Waals surface area contributed by atoms with E-state index >= 15 is 0 Å². The summed E-state index contributed by atoms with van der Waals surface area (Å²) in [5, 5.41) is 8.43. The second kappa shape index (κ2) is 9.24. The molecule has 25 heavy (non-hydrogen) atoms. The van der Waals surface area contributed by atoms with Gasteiger partial charge in [0, 0.05) is 18.5 Å². The molecule has 1 N–H and O–H groups in total. The molecule has 8 heteroatoms. The van der Waals surface area contributed by atoms with Crippen LogP contribution in [0, 0.1) is 5.92 Å². The fourth-order valence-corrected chi connectivity index (χ4v) is 5.26. The van der Waals surface area contributed by atoms with Crippen molar-refractivity contribution in [3.63, 3.8) is 0 Å². The number of rotatable bonds is 9. The lowest BCUT2D eigenvalue weighted by atomic mass is 10.2. The highest BCUT2D eigenvalue weighted by atomic mass is 32.2. The highest BCUT2D eigenvalue weighted by Gasteiger charge is 2.25. The molecular formula is C17H25NO5S2. The molecule has 6 nitrogen and oxygen atoms in total. The first kappa shape index (κ1) is 21.5. The van der Waals surface area contributed by atoms with Gasteiger partial charge in [0.05, 0.1) is 21.8 Å². The lowest BCUT2D eigenvalue weighted by Crippen LogP contribution is -2.38. The van der Waals surface area contributed by atoms with Crippen LogP contribution in [0.25, 0.3) is 0 Å². The Labute approximate surface area is 153 Å². The molecule has 1 aromatic rings. The zero-order valence-corrected chi connectivity index (χ0v) is 16.6. The van der Waals surface area contributed by atoms with Crippen LogP contribution in [0.3, 0.4) is 0 Å². The number of benzene rings is 1. The number of carboxylic acid groups (broad SMARTS) is 1. The maximum Gasteiger partial charge on any atom is 0.308 e. The van der Waals surface area contributed by atoms with Gasteiger partial charge in [-0.25, -0.2) is 8.42 Å². The van der Waals surface area contributed by atoms with E-state index in [1.807, 2.05) is 0 Å². The number of carboxylic acids is 1. The Bertz CT molecular complexity index is 718. The number of amides is 1. The van der Waals surface area contributed by atoms with E-state index in [4.69, 9.17) is 5.11 Å². The van der Waals surface area contributed by atoms with Crippen molar-refractivity contribution >= 4 is 33.5 Å². The molecule has 0 aliphatic carbocycles. The molecule has 0 bridgehead atoms. The van der Waals surface area contributed by atoms with Crippen LogP contribution in [0.4, 0.5) is 0 Å². The second-order valence-electron chi connectivity index (χ2n) is 5.98. The third-order valence-corrected chi connectivity index (χ3v) is 6.92. The summed E-state index contributed by atoms with van der Waals surface area (Å²) in [5.74, 6) is -1.80. The molecule has 0 aliphatic heterocycles. The van der Waals surface area contributed by atoms with Crippen LogP contribution in [0.1, 0.15) is 27.2 Å². The van der Waals surface area contributed by atoms with Crippen LogP contribution in [0.2, 0.25) is 0 Å². The van der Waals surface area contributed by atoms with E-state index in [0.717, 1.165) is 0 Å². The lowest BCUT2D eigenvalue weighted by molar-refractivity contribution is -0.142. The quantitative estimate of drug-likeness (QED) is 0.655. The normalized spacial score (nSPS) is 13.9. The first-order valence-electron chi connectivity index (χ1n) is 8.06. The fraction of sp³-hybridized carbons (Fsp3) is 0.529. The Balaban J connectivity index is 2.92. The molecule has 0 spiro atoms. The van der Waals surface area contributed by atoms with Crippen LogP contribution in [0.15, 0.2) is 34.1 Å². The number of hydrogen-bond donors (Lipinski definition) is 1. The summed E-state index contributed by atoms with van der Waals surface area (Å²) in [5.41, 5.74) is 0. The zero-order valence-electron chi connectivity index (χ0n) is 14.9. The summed E-state index contributed by atoms with van der Waals surface area (Å²) in [7, 11) is -1.83. The van der Waals surface area contributed by atoms with Gasteiger partial charge in [-0.1, -0.05) is 26.0 Å². The van der Waals surface area contributed by atoms with E-state index < -0.39 is 27.0 Å². The maximum absolute atomic E-state index is 12.5. The molecule has 0 saturated carbocycles. The Hall–Kier alpha value is -1.54. The summed E-state index contributed by atoms with van der Waals surface area (Å²) < 4.78 is 24.8. The molecule has 2 atom stereocenters. The minimum absolute atomic E-state index is 0.0585. The van der Waals surface area contributed by atoms with Gasteiger partial charge in [0.25, 0.3) is 0 Å². The first-order valence-corrected chi connectivity index (χ1v) is 10.6. The monoisotopic (exact) mass is 387 g/mol. The van der Waals surface area contributed by atoms with E-state index in [1.54, 1.807) is 45.2 Å². The predicted octanol–water partition coefficient (Wildman–Crippen LogP) is 2.53. The smallest absolute Gasteiger partial charge is 0.308 e. The summed E-state index contributed by atoms with van der Waals surface area (Å²) in [6.07, 6.45) is 0.519. The maximum atomic E-state index is 12.5. The van der Waals surface area contributed by atoms with Crippen molar-refractivity contribution in [1.29, 1.82) is 0 Å². The van der Waals surface area contributed by atoms with Crippen LogP contribution < -0.4 is 0 Å². The van der Waals surface area contributed by atoms with Gasteiger partial charge in [-0.15, -0.1) is 11.8 Å². The Morgan fingerprint density at radius 1 is 1.24 bits per heavy atom. The van der Waals surface area contributed by atoms with Gasteiger partial charge >= 0.3 is 5.97 Å². The highest BCUT2D eigenvalue weighted by molar-refractivity contribution is 8.01. The van der Waals surface area contributed by atoms with Crippen molar-refractivity contribution in [2.24, 2.45) is 5.92 Å². The topological polar surface area (TPSA) is 91.8 Å². The number of hydrogen-bond acceptors (Lipinski definition) is 5. The van der Waals surface area contributed by atoms with Crippen molar-refractivity contribution in [3.05, 3.63) is 24.3 Å². The van der Waals surface area contributed by atoms with E-state index in [2.05, 4.69) is 0 Å². The molecule has 0 heterocycles. The third kappa shape index (κ3) is 6.04. The number of aliphatic carboxylic acids is 1. The van der Waals surface area contributed by atoms with Crippen molar-refractivity contribution in [1.82, 2.24) is 4.90 Å². The molecule has 140 valence electrons. The number of nitrogens with zero attached hydrogens (tertiary/aromatic N) is 1. The van der Waals surface area contributed by atoms with E-state index in [1.165, 1.54) is 23.6 Å². The largest absolute Gasteiger partial charge is 0.481 e. The Morgan fingerprint density at radius 3 is 2.40 bits per heavy atom. The fourth-order valence-electron chi connectivity index (χ4n) is 2.31. The number of carbonyl (C=O) groups excluding carboxylic acids is 1. The predicted molar refractivity (Wildman–Crippen MR) is 98.5 cm³/mol. The van der Waals surface area contributed by atoms with Crippen LogP contribution in [0.5, 0.6) is 0 Å². The molecule has 0 saturated heterocycles. The van der Waals surface area contributed by atoms with Gasteiger partial charge in [-0.05, 0) is 25.5 Å². The standard InChI is InChI=1S/C17H25NO5S2/c1-5-10-25(22,23)15-9-7-6-8-14(15)24-13(3)16(19)18(4)11-12(2)17(20)21/h6-9,12-13H,5,10-11H2,1-4H3,(H,20,21). The average molecular weight is 388 g/mol. The number of thioether (sulfide) groups is 1. The number of sulfone groups is 1. The molecule has 0 aromatic heterocycles. The van der Waals surface area contributed by atoms with Gasteiger partial charge in [0.1, 0.15) is 0 Å². The van der Waals surface area contributed by atoms with Crippen LogP contribution in [-0.4, -0.2) is 54.9 Å². The lowest BCUT2D eigenvalue weighted by Gasteiger charge is -2.23. The third-order valence-electron chi connectivity index (χ3n) is 3.65.